The van der Waals surface area contributed by atoms with Crippen LogP contribution in [0.15, 0.2) is 24.5 Å². The highest BCUT2D eigenvalue weighted by Gasteiger charge is 2.26. The van der Waals surface area contributed by atoms with Crippen LogP contribution in [0, 0.1) is 11.3 Å². The van der Waals surface area contributed by atoms with Crippen LogP contribution >= 0.6 is 0 Å². The monoisotopic (exact) mass is 295 g/mol. The van der Waals surface area contributed by atoms with E-state index in [2.05, 4.69) is 21.9 Å². The van der Waals surface area contributed by atoms with Crippen LogP contribution in [-0.4, -0.2) is 38.6 Å². The lowest BCUT2D eigenvalue weighted by Gasteiger charge is -2.38. The Balaban J connectivity index is 2.06. The summed E-state index contributed by atoms with van der Waals surface area (Å²) in [5, 5.41) is 18.2. The molecule has 0 bridgehead atoms. The highest BCUT2D eigenvalue weighted by Crippen LogP contribution is 2.26. The summed E-state index contributed by atoms with van der Waals surface area (Å²) in [5.74, 6) is -0.561. The summed E-state index contributed by atoms with van der Waals surface area (Å²) >= 11 is 0. The molecule has 3 heterocycles. The van der Waals surface area contributed by atoms with Crippen molar-refractivity contribution in [3.05, 3.63) is 35.8 Å². The first-order valence-corrected chi connectivity index (χ1v) is 6.83. The molecule has 0 spiro atoms. The molecule has 0 radical (unpaired) electrons. The van der Waals surface area contributed by atoms with Crippen LogP contribution in [0.5, 0.6) is 0 Å². The average molecular weight is 295 g/mol. The number of aromatic nitrogens is 3. The van der Waals surface area contributed by atoms with Crippen LogP contribution in [0.4, 0.5) is 5.95 Å². The zero-order valence-electron chi connectivity index (χ0n) is 11.9. The third-order valence-corrected chi connectivity index (χ3v) is 3.69. The summed E-state index contributed by atoms with van der Waals surface area (Å²) in [6.07, 6.45) is 3.86. The van der Waals surface area contributed by atoms with Crippen LogP contribution in [-0.2, 0) is 0 Å². The molecule has 0 unspecified atom stereocenters. The Bertz CT molecular complexity index is 784. The zero-order valence-corrected chi connectivity index (χ0v) is 11.9. The van der Waals surface area contributed by atoms with Crippen molar-refractivity contribution in [3.8, 4) is 17.3 Å². The maximum Gasteiger partial charge on any atom is 0.337 e. The molecule has 1 aliphatic rings. The van der Waals surface area contributed by atoms with Gasteiger partial charge in [-0.2, -0.15) is 5.26 Å². The van der Waals surface area contributed by atoms with Crippen LogP contribution in [0.25, 0.3) is 11.3 Å². The van der Waals surface area contributed by atoms with Crippen molar-refractivity contribution in [2.45, 2.75) is 19.4 Å². The van der Waals surface area contributed by atoms with E-state index < -0.39 is 5.97 Å². The molecule has 2 aromatic rings. The average Bonchev–Trinajstić information content (AvgIpc) is 2.53. The first-order valence-electron chi connectivity index (χ1n) is 6.83. The number of anilines is 1. The lowest BCUT2D eigenvalue weighted by Crippen LogP contribution is -2.46. The highest BCUT2D eigenvalue weighted by molar-refractivity contribution is 5.88. The van der Waals surface area contributed by atoms with E-state index in [4.69, 9.17) is 10.4 Å². The Morgan fingerprint density at radius 2 is 2.23 bits per heavy atom. The topological polar surface area (TPSA) is 103 Å². The number of hydrogen-bond acceptors (Lipinski definition) is 6. The van der Waals surface area contributed by atoms with Crippen LogP contribution in [0.1, 0.15) is 29.4 Å². The summed E-state index contributed by atoms with van der Waals surface area (Å²) in [5.41, 5.74) is 1.37. The summed E-state index contributed by atoms with van der Waals surface area (Å²) in [6.45, 7) is 2.92. The van der Waals surface area contributed by atoms with Crippen molar-refractivity contribution in [1.29, 1.82) is 5.26 Å². The van der Waals surface area contributed by atoms with Crippen molar-refractivity contribution in [2.75, 3.05) is 11.4 Å². The Labute approximate surface area is 126 Å². The Morgan fingerprint density at radius 3 is 2.82 bits per heavy atom. The minimum absolute atomic E-state index is 0.0773. The van der Waals surface area contributed by atoms with Gasteiger partial charge in [-0.3, -0.25) is 4.98 Å². The molecule has 0 amide bonds. The number of nitrogens with zero attached hydrogens (tertiary/aromatic N) is 5. The molecule has 110 valence electrons. The number of nitriles is 1. The number of hydrogen-bond donors (Lipinski definition) is 1. The fourth-order valence-corrected chi connectivity index (χ4v) is 2.28. The van der Waals surface area contributed by atoms with Crippen molar-refractivity contribution >= 4 is 11.9 Å². The normalized spacial score (nSPS) is 16.7. The Kier molecular flexibility index (Phi) is 3.43. The van der Waals surface area contributed by atoms with Gasteiger partial charge in [0.05, 0.1) is 11.3 Å². The zero-order chi connectivity index (χ0) is 15.7. The molecule has 0 saturated carbocycles. The minimum Gasteiger partial charge on any atom is -0.478 e. The number of rotatable bonds is 3. The molecule has 0 aromatic carbocycles. The molecule has 22 heavy (non-hydrogen) atoms. The van der Waals surface area contributed by atoms with Gasteiger partial charge >= 0.3 is 5.97 Å². The predicted octanol–water partition coefficient (Wildman–Crippen LogP) is 1.71. The van der Waals surface area contributed by atoms with E-state index in [0.29, 0.717) is 23.2 Å². The predicted molar refractivity (Wildman–Crippen MR) is 78.4 cm³/mol. The lowest BCUT2D eigenvalue weighted by molar-refractivity contribution is 0.0696. The standard InChI is InChI=1S/C15H13N5O2/c1-9-2-3-20(9)15-18-12(6-16)5-13(19-15)10-4-11(14(21)22)8-17-7-10/h4-5,7-9H,2-3H2,1H3,(H,21,22)/t9-/m0/s1. The minimum atomic E-state index is -1.06. The van der Waals surface area contributed by atoms with Crippen LogP contribution < -0.4 is 4.90 Å². The van der Waals surface area contributed by atoms with Crippen molar-refractivity contribution in [3.63, 3.8) is 0 Å². The molecular formula is C15H13N5O2. The van der Waals surface area contributed by atoms with E-state index in [1.165, 1.54) is 24.5 Å². The fraction of sp³-hybridized carbons (Fsp3) is 0.267. The quantitative estimate of drug-likeness (QED) is 0.919. The first-order chi connectivity index (χ1) is 10.6. The van der Waals surface area contributed by atoms with Gasteiger partial charge in [0.25, 0.3) is 0 Å². The van der Waals surface area contributed by atoms with Crippen molar-refractivity contribution in [2.24, 2.45) is 0 Å². The Morgan fingerprint density at radius 1 is 1.41 bits per heavy atom. The van der Waals surface area contributed by atoms with Gasteiger partial charge in [-0.25, -0.2) is 14.8 Å². The molecule has 1 aliphatic heterocycles. The molecule has 1 fully saturated rings. The molecule has 7 heteroatoms. The number of carboxylic acids is 1. The highest BCUT2D eigenvalue weighted by atomic mass is 16.4. The number of carboxylic acid groups (broad SMARTS) is 1. The SMILES string of the molecule is C[C@H]1CCN1c1nc(C#N)cc(-c2cncc(C(=O)O)c2)n1. The van der Waals surface area contributed by atoms with E-state index in [-0.39, 0.29) is 11.3 Å². The van der Waals surface area contributed by atoms with Gasteiger partial charge in [0.1, 0.15) is 11.8 Å². The van der Waals surface area contributed by atoms with E-state index in [1.54, 1.807) is 0 Å². The molecule has 0 aliphatic carbocycles. The van der Waals surface area contributed by atoms with Gasteiger partial charge in [0.2, 0.25) is 5.95 Å². The number of pyridine rings is 1. The van der Waals surface area contributed by atoms with Gasteiger partial charge < -0.3 is 10.0 Å². The van der Waals surface area contributed by atoms with Crippen LogP contribution in [0.2, 0.25) is 0 Å². The van der Waals surface area contributed by atoms with E-state index >= 15 is 0 Å². The first kappa shape index (κ1) is 13.9. The molecule has 1 saturated heterocycles. The van der Waals surface area contributed by atoms with Crippen molar-refractivity contribution in [1.82, 2.24) is 15.0 Å². The smallest absolute Gasteiger partial charge is 0.337 e. The Hall–Kier alpha value is -3.01. The third kappa shape index (κ3) is 2.46. The summed E-state index contributed by atoms with van der Waals surface area (Å²) in [7, 11) is 0. The number of aromatic carboxylic acids is 1. The third-order valence-electron chi connectivity index (χ3n) is 3.69. The van der Waals surface area contributed by atoms with E-state index in [9.17, 15) is 4.79 Å². The largest absolute Gasteiger partial charge is 0.478 e. The summed E-state index contributed by atoms with van der Waals surface area (Å²) in [4.78, 5) is 25.7. The van der Waals surface area contributed by atoms with E-state index in [0.717, 1.165) is 13.0 Å². The fourth-order valence-electron chi connectivity index (χ4n) is 2.28. The molecule has 7 nitrogen and oxygen atoms in total. The van der Waals surface area contributed by atoms with Crippen LogP contribution in [0.3, 0.4) is 0 Å². The van der Waals surface area contributed by atoms with Gasteiger partial charge in [0.15, 0.2) is 0 Å². The second-order valence-electron chi connectivity index (χ2n) is 5.15. The van der Waals surface area contributed by atoms with Gasteiger partial charge in [-0.1, -0.05) is 0 Å². The second-order valence-corrected chi connectivity index (χ2v) is 5.15. The molecule has 1 N–H and O–H groups in total. The summed E-state index contributed by atoms with van der Waals surface area (Å²) < 4.78 is 0. The molecule has 1 atom stereocenters. The van der Waals surface area contributed by atoms with Gasteiger partial charge in [-0.15, -0.1) is 0 Å². The molecule has 3 rings (SSSR count). The van der Waals surface area contributed by atoms with Gasteiger partial charge in [-0.05, 0) is 19.4 Å². The maximum atomic E-state index is 11.0. The van der Waals surface area contributed by atoms with E-state index in [1.807, 2.05) is 11.0 Å². The number of carbonyl (C=O) groups is 1. The van der Waals surface area contributed by atoms with Gasteiger partial charge in [0, 0.05) is 36.6 Å². The molecular weight excluding hydrogens is 282 g/mol. The maximum absolute atomic E-state index is 11.0. The summed E-state index contributed by atoms with van der Waals surface area (Å²) in [6, 6.07) is 5.38. The lowest BCUT2D eigenvalue weighted by atomic mass is 10.1. The molecule has 2 aromatic heterocycles. The van der Waals surface area contributed by atoms with Crippen molar-refractivity contribution < 1.29 is 9.90 Å². The second kappa shape index (κ2) is 5.41.